The zero-order chi connectivity index (χ0) is 15.9. The molecule has 1 aromatic rings. The molecule has 0 aliphatic heterocycles. The molecular weight excluding hydrogens is 268 g/mol. The Hall–Kier alpha value is -2.17. The van der Waals surface area contributed by atoms with E-state index in [1.54, 1.807) is 13.2 Å². The highest BCUT2D eigenvalue weighted by molar-refractivity contribution is 5.67. The van der Waals surface area contributed by atoms with Gasteiger partial charge in [-0.3, -0.25) is 0 Å². The molecule has 0 aliphatic rings. The molecule has 0 saturated carbocycles. The summed E-state index contributed by atoms with van der Waals surface area (Å²) in [6, 6.07) is 5.52. The number of amides is 1. The van der Waals surface area contributed by atoms with Gasteiger partial charge in [-0.05, 0) is 44.9 Å². The molecule has 5 heteroatoms. The molecule has 0 bridgehead atoms. The number of nitrogens with two attached hydrogens (primary N) is 1. The van der Waals surface area contributed by atoms with Gasteiger partial charge >= 0.3 is 6.09 Å². The standard InChI is InChI=1S/C16H24N2O3/c1-16(2,3)21-15(19)18-8-6-5-7-12-9-13(17)11-14(10-12)20-4/h5,7,9-11H,6,8,17H2,1-4H3,(H,18,19). The van der Waals surface area contributed by atoms with Crippen molar-refractivity contribution in [2.75, 3.05) is 19.4 Å². The van der Waals surface area contributed by atoms with Gasteiger partial charge in [0.25, 0.3) is 0 Å². The summed E-state index contributed by atoms with van der Waals surface area (Å²) in [6.45, 7) is 6.02. The second-order valence-corrected chi connectivity index (χ2v) is 5.66. The Morgan fingerprint density at radius 2 is 2.05 bits per heavy atom. The fraction of sp³-hybridized carbons (Fsp3) is 0.438. The van der Waals surface area contributed by atoms with Crippen LogP contribution in [0.3, 0.4) is 0 Å². The van der Waals surface area contributed by atoms with Crippen LogP contribution in [0.1, 0.15) is 32.8 Å². The van der Waals surface area contributed by atoms with E-state index < -0.39 is 11.7 Å². The summed E-state index contributed by atoms with van der Waals surface area (Å²) in [5.41, 5.74) is 6.92. The number of benzene rings is 1. The Kier molecular flexibility index (Phi) is 6.09. The van der Waals surface area contributed by atoms with Crippen molar-refractivity contribution in [3.8, 4) is 5.75 Å². The number of hydrogen-bond donors (Lipinski definition) is 2. The number of nitrogen functional groups attached to an aromatic ring is 1. The van der Waals surface area contributed by atoms with Crippen LogP contribution in [0.4, 0.5) is 10.5 Å². The summed E-state index contributed by atoms with van der Waals surface area (Å²) >= 11 is 0. The third-order valence-electron chi connectivity index (χ3n) is 2.48. The molecule has 1 amide bonds. The van der Waals surface area contributed by atoms with Crippen LogP contribution in [0.5, 0.6) is 5.75 Å². The zero-order valence-corrected chi connectivity index (χ0v) is 13.1. The van der Waals surface area contributed by atoms with E-state index in [4.69, 9.17) is 15.2 Å². The third kappa shape index (κ3) is 7.25. The van der Waals surface area contributed by atoms with Crippen molar-refractivity contribution < 1.29 is 14.3 Å². The van der Waals surface area contributed by atoms with Gasteiger partial charge in [-0.25, -0.2) is 4.79 Å². The van der Waals surface area contributed by atoms with E-state index in [-0.39, 0.29) is 0 Å². The molecule has 0 saturated heterocycles. The van der Waals surface area contributed by atoms with Gasteiger partial charge in [-0.1, -0.05) is 12.2 Å². The van der Waals surface area contributed by atoms with Crippen molar-refractivity contribution in [2.24, 2.45) is 0 Å². The van der Waals surface area contributed by atoms with Gasteiger partial charge in [0.2, 0.25) is 0 Å². The molecule has 0 aromatic heterocycles. The Balaban J connectivity index is 2.39. The monoisotopic (exact) mass is 292 g/mol. The third-order valence-corrected chi connectivity index (χ3v) is 2.48. The van der Waals surface area contributed by atoms with Crippen molar-refractivity contribution in [3.63, 3.8) is 0 Å². The Bertz CT molecular complexity index is 505. The number of methoxy groups -OCH3 is 1. The summed E-state index contributed by atoms with van der Waals surface area (Å²) in [5.74, 6) is 0.724. The van der Waals surface area contributed by atoms with E-state index >= 15 is 0 Å². The van der Waals surface area contributed by atoms with Gasteiger partial charge in [-0.15, -0.1) is 0 Å². The van der Waals surface area contributed by atoms with Crippen LogP contribution >= 0.6 is 0 Å². The van der Waals surface area contributed by atoms with E-state index in [1.807, 2.05) is 45.1 Å². The molecule has 0 unspecified atom stereocenters. The van der Waals surface area contributed by atoms with Crippen LogP contribution in [-0.4, -0.2) is 25.3 Å². The number of carbonyl (C=O) groups is 1. The molecule has 21 heavy (non-hydrogen) atoms. The summed E-state index contributed by atoms with van der Waals surface area (Å²) in [7, 11) is 1.60. The molecule has 1 aromatic carbocycles. The minimum absolute atomic E-state index is 0.401. The smallest absolute Gasteiger partial charge is 0.407 e. The fourth-order valence-electron chi connectivity index (χ4n) is 1.65. The Morgan fingerprint density at radius 1 is 1.33 bits per heavy atom. The Morgan fingerprint density at radius 3 is 2.67 bits per heavy atom. The lowest BCUT2D eigenvalue weighted by molar-refractivity contribution is 0.0529. The first-order chi connectivity index (χ1) is 9.80. The molecule has 0 spiro atoms. The molecule has 1 rings (SSSR count). The summed E-state index contributed by atoms with van der Waals surface area (Å²) < 4.78 is 10.3. The summed E-state index contributed by atoms with van der Waals surface area (Å²) in [4.78, 5) is 11.4. The number of alkyl carbamates (subject to hydrolysis) is 1. The van der Waals surface area contributed by atoms with Gasteiger partial charge in [-0.2, -0.15) is 0 Å². The van der Waals surface area contributed by atoms with E-state index in [2.05, 4.69) is 5.32 Å². The summed E-state index contributed by atoms with van der Waals surface area (Å²) in [6.07, 6.45) is 4.21. The second-order valence-electron chi connectivity index (χ2n) is 5.66. The van der Waals surface area contributed by atoms with Gasteiger partial charge in [0.05, 0.1) is 7.11 Å². The number of anilines is 1. The van der Waals surface area contributed by atoms with E-state index in [0.29, 0.717) is 18.7 Å². The molecule has 0 atom stereocenters. The van der Waals surface area contributed by atoms with E-state index in [0.717, 1.165) is 11.3 Å². The topological polar surface area (TPSA) is 73.6 Å². The lowest BCUT2D eigenvalue weighted by atomic mass is 10.1. The largest absolute Gasteiger partial charge is 0.497 e. The molecule has 3 N–H and O–H groups in total. The number of hydrogen-bond acceptors (Lipinski definition) is 4. The maximum Gasteiger partial charge on any atom is 0.407 e. The average Bonchev–Trinajstić information content (AvgIpc) is 2.35. The van der Waals surface area contributed by atoms with Gasteiger partial charge < -0.3 is 20.5 Å². The van der Waals surface area contributed by atoms with E-state index in [9.17, 15) is 4.79 Å². The molecule has 0 fully saturated rings. The average molecular weight is 292 g/mol. The number of ether oxygens (including phenoxy) is 2. The minimum atomic E-state index is -0.474. The lowest BCUT2D eigenvalue weighted by Gasteiger charge is -2.19. The minimum Gasteiger partial charge on any atom is -0.497 e. The van der Waals surface area contributed by atoms with Crippen LogP contribution in [0, 0.1) is 0 Å². The predicted molar refractivity (Wildman–Crippen MR) is 85.3 cm³/mol. The van der Waals surface area contributed by atoms with Crippen molar-refractivity contribution in [1.29, 1.82) is 0 Å². The first-order valence-corrected chi connectivity index (χ1v) is 6.88. The highest BCUT2D eigenvalue weighted by atomic mass is 16.6. The zero-order valence-electron chi connectivity index (χ0n) is 13.1. The number of nitrogens with one attached hydrogen (secondary N) is 1. The molecular formula is C16H24N2O3. The first-order valence-electron chi connectivity index (χ1n) is 6.88. The van der Waals surface area contributed by atoms with Crippen LogP contribution in [0.25, 0.3) is 6.08 Å². The molecule has 5 nitrogen and oxygen atoms in total. The van der Waals surface area contributed by atoms with Crippen LogP contribution in [0.15, 0.2) is 24.3 Å². The van der Waals surface area contributed by atoms with Gasteiger partial charge in [0.15, 0.2) is 0 Å². The van der Waals surface area contributed by atoms with Crippen molar-refractivity contribution in [1.82, 2.24) is 5.32 Å². The highest BCUT2D eigenvalue weighted by Crippen LogP contribution is 2.19. The van der Waals surface area contributed by atoms with Crippen molar-refractivity contribution in [3.05, 3.63) is 29.8 Å². The molecule has 0 radical (unpaired) electrons. The summed E-state index contributed by atoms with van der Waals surface area (Å²) in [5, 5.41) is 2.70. The quantitative estimate of drug-likeness (QED) is 0.645. The number of carbonyl (C=O) groups excluding carboxylic acids is 1. The Labute approximate surface area is 126 Å². The number of rotatable bonds is 5. The second kappa shape index (κ2) is 7.57. The molecule has 0 aliphatic carbocycles. The van der Waals surface area contributed by atoms with Crippen LogP contribution < -0.4 is 15.8 Å². The van der Waals surface area contributed by atoms with Gasteiger partial charge in [0.1, 0.15) is 11.4 Å². The molecule has 116 valence electrons. The lowest BCUT2D eigenvalue weighted by Crippen LogP contribution is -2.32. The first kappa shape index (κ1) is 16.9. The van der Waals surface area contributed by atoms with Crippen molar-refractivity contribution >= 4 is 17.9 Å². The van der Waals surface area contributed by atoms with Crippen LogP contribution in [-0.2, 0) is 4.74 Å². The fourth-order valence-corrected chi connectivity index (χ4v) is 1.65. The van der Waals surface area contributed by atoms with Crippen LogP contribution in [0.2, 0.25) is 0 Å². The maximum absolute atomic E-state index is 11.4. The normalized spacial score (nSPS) is 11.4. The van der Waals surface area contributed by atoms with Gasteiger partial charge in [0, 0.05) is 18.3 Å². The molecule has 0 heterocycles. The SMILES string of the molecule is COc1cc(N)cc(C=CCCNC(=O)OC(C)(C)C)c1. The van der Waals surface area contributed by atoms with E-state index in [1.165, 1.54) is 0 Å². The predicted octanol–water partition coefficient (Wildman–Crippen LogP) is 3.21. The van der Waals surface area contributed by atoms with Crippen molar-refractivity contribution in [2.45, 2.75) is 32.8 Å². The highest BCUT2D eigenvalue weighted by Gasteiger charge is 2.15. The maximum atomic E-state index is 11.4.